The van der Waals surface area contributed by atoms with Crippen LogP contribution in [0.1, 0.15) is 26.2 Å². The lowest BCUT2D eigenvalue weighted by Gasteiger charge is -2.41. The highest BCUT2D eigenvalue weighted by atomic mass is 15.2. The Morgan fingerprint density at radius 1 is 1.00 bits per heavy atom. The minimum Gasteiger partial charge on any atom is -0.306 e. The van der Waals surface area contributed by atoms with E-state index in [-0.39, 0.29) is 0 Å². The summed E-state index contributed by atoms with van der Waals surface area (Å²) in [5, 5.41) is 0. The van der Waals surface area contributed by atoms with E-state index in [9.17, 15) is 0 Å². The molecule has 13 heavy (non-hydrogen) atoms. The molecule has 1 spiro atoms. The Morgan fingerprint density at radius 3 is 2.00 bits per heavy atom. The zero-order valence-electron chi connectivity index (χ0n) is 9.21. The van der Waals surface area contributed by atoms with Gasteiger partial charge in [-0.2, -0.15) is 0 Å². The summed E-state index contributed by atoms with van der Waals surface area (Å²) in [5.41, 5.74) is 0.668. The molecular weight excluding hydrogens is 160 g/mol. The summed E-state index contributed by atoms with van der Waals surface area (Å²) in [7, 11) is 4.52. The highest BCUT2D eigenvalue weighted by Crippen LogP contribution is 2.44. The van der Waals surface area contributed by atoms with E-state index in [1.165, 1.54) is 38.9 Å². The molecule has 2 heteroatoms. The van der Waals surface area contributed by atoms with Crippen LogP contribution in [-0.4, -0.2) is 49.6 Å². The predicted octanol–water partition coefficient (Wildman–Crippen LogP) is 1.42. The van der Waals surface area contributed by atoms with Crippen LogP contribution in [0.4, 0.5) is 0 Å². The highest BCUT2D eigenvalue weighted by Gasteiger charge is 2.44. The summed E-state index contributed by atoms with van der Waals surface area (Å²) in [4.78, 5) is 5.00. The average molecular weight is 182 g/mol. The van der Waals surface area contributed by atoms with Crippen molar-refractivity contribution < 1.29 is 0 Å². The second-order valence-electron chi connectivity index (χ2n) is 5.07. The molecule has 0 aromatic carbocycles. The van der Waals surface area contributed by atoms with Crippen LogP contribution < -0.4 is 0 Å². The summed E-state index contributed by atoms with van der Waals surface area (Å²) in [6.45, 7) is 6.33. The number of hydrogen-bond acceptors (Lipinski definition) is 2. The second-order valence-corrected chi connectivity index (χ2v) is 5.07. The van der Waals surface area contributed by atoms with Crippen molar-refractivity contribution in [3.63, 3.8) is 0 Å². The summed E-state index contributed by atoms with van der Waals surface area (Å²) in [5.74, 6) is 0. The van der Waals surface area contributed by atoms with E-state index < -0.39 is 0 Å². The topological polar surface area (TPSA) is 6.48 Å². The van der Waals surface area contributed by atoms with Gasteiger partial charge in [0.25, 0.3) is 0 Å². The van der Waals surface area contributed by atoms with Crippen molar-refractivity contribution in [2.24, 2.45) is 5.41 Å². The van der Waals surface area contributed by atoms with Crippen LogP contribution in [0.25, 0.3) is 0 Å². The van der Waals surface area contributed by atoms with Crippen molar-refractivity contribution >= 4 is 0 Å². The molecule has 1 atom stereocenters. The normalized spacial score (nSPS) is 35.8. The van der Waals surface area contributed by atoms with E-state index in [4.69, 9.17) is 0 Å². The van der Waals surface area contributed by atoms with Crippen LogP contribution in [0, 0.1) is 5.41 Å². The minimum atomic E-state index is 0.668. The van der Waals surface area contributed by atoms with Crippen molar-refractivity contribution in [3.8, 4) is 0 Å². The fourth-order valence-electron chi connectivity index (χ4n) is 3.00. The predicted molar refractivity (Wildman–Crippen MR) is 55.9 cm³/mol. The van der Waals surface area contributed by atoms with Crippen molar-refractivity contribution in [1.82, 2.24) is 9.80 Å². The molecule has 0 unspecified atom stereocenters. The van der Waals surface area contributed by atoms with E-state index in [0.29, 0.717) is 5.41 Å². The molecule has 2 nitrogen and oxygen atoms in total. The Morgan fingerprint density at radius 2 is 1.54 bits per heavy atom. The maximum absolute atomic E-state index is 2.53. The monoisotopic (exact) mass is 182 g/mol. The van der Waals surface area contributed by atoms with Gasteiger partial charge in [-0.1, -0.05) is 0 Å². The highest BCUT2D eigenvalue weighted by molar-refractivity contribution is 4.98. The summed E-state index contributed by atoms with van der Waals surface area (Å²) in [6, 6.07) is 0.807. The lowest BCUT2D eigenvalue weighted by atomic mass is 9.73. The third-order valence-electron chi connectivity index (χ3n) is 4.49. The Bertz CT molecular complexity index is 183. The van der Waals surface area contributed by atoms with Gasteiger partial charge < -0.3 is 9.80 Å². The van der Waals surface area contributed by atoms with E-state index in [0.717, 1.165) is 6.04 Å². The molecule has 0 aliphatic carbocycles. The molecule has 76 valence electrons. The Kier molecular flexibility index (Phi) is 2.37. The summed E-state index contributed by atoms with van der Waals surface area (Å²) in [6.07, 6.45) is 4.25. The van der Waals surface area contributed by atoms with E-state index in [2.05, 4.69) is 30.8 Å². The van der Waals surface area contributed by atoms with Gasteiger partial charge in [0.15, 0.2) is 0 Å². The first kappa shape index (κ1) is 9.47. The summed E-state index contributed by atoms with van der Waals surface area (Å²) < 4.78 is 0. The number of hydrogen-bond donors (Lipinski definition) is 0. The van der Waals surface area contributed by atoms with Crippen molar-refractivity contribution in [2.45, 2.75) is 32.2 Å². The maximum atomic E-state index is 2.53. The van der Waals surface area contributed by atoms with Crippen LogP contribution in [0.15, 0.2) is 0 Å². The SMILES string of the molecule is C[C@@H]1N(C)CCC12CCN(C)CC2. The number of rotatable bonds is 0. The molecule has 2 fully saturated rings. The molecule has 0 amide bonds. The van der Waals surface area contributed by atoms with Gasteiger partial charge in [-0.05, 0) is 65.3 Å². The zero-order chi connectivity index (χ0) is 9.47. The van der Waals surface area contributed by atoms with Crippen LogP contribution in [0.5, 0.6) is 0 Å². The van der Waals surface area contributed by atoms with E-state index >= 15 is 0 Å². The lowest BCUT2D eigenvalue weighted by molar-refractivity contribution is 0.0900. The van der Waals surface area contributed by atoms with Gasteiger partial charge in [0.2, 0.25) is 0 Å². The largest absolute Gasteiger partial charge is 0.306 e. The molecular formula is C11H22N2. The van der Waals surface area contributed by atoms with Gasteiger partial charge in [0.05, 0.1) is 0 Å². The van der Waals surface area contributed by atoms with Gasteiger partial charge in [-0.3, -0.25) is 0 Å². The van der Waals surface area contributed by atoms with Crippen LogP contribution >= 0.6 is 0 Å². The Hall–Kier alpha value is -0.0800. The molecule has 0 saturated carbocycles. The fraction of sp³-hybridized carbons (Fsp3) is 1.00. The molecule has 0 aromatic heterocycles. The van der Waals surface area contributed by atoms with E-state index in [1.54, 1.807) is 0 Å². The molecule has 2 aliphatic heterocycles. The van der Waals surface area contributed by atoms with Crippen molar-refractivity contribution in [2.75, 3.05) is 33.7 Å². The summed E-state index contributed by atoms with van der Waals surface area (Å²) >= 11 is 0. The standard InChI is InChI=1S/C11H22N2/c1-10-11(6-9-13(10)3)4-7-12(2)8-5-11/h10H,4-9H2,1-3H3/t10-/m0/s1. The van der Waals surface area contributed by atoms with Crippen LogP contribution in [0.3, 0.4) is 0 Å². The van der Waals surface area contributed by atoms with Gasteiger partial charge in [0, 0.05) is 6.04 Å². The van der Waals surface area contributed by atoms with Crippen molar-refractivity contribution in [1.29, 1.82) is 0 Å². The molecule has 2 heterocycles. The third-order valence-corrected chi connectivity index (χ3v) is 4.49. The van der Waals surface area contributed by atoms with Crippen LogP contribution in [0.2, 0.25) is 0 Å². The zero-order valence-corrected chi connectivity index (χ0v) is 9.21. The molecule has 0 aromatic rings. The molecule has 2 rings (SSSR count). The number of likely N-dealkylation sites (tertiary alicyclic amines) is 2. The van der Waals surface area contributed by atoms with Gasteiger partial charge >= 0.3 is 0 Å². The lowest BCUT2D eigenvalue weighted by Crippen LogP contribution is -2.44. The molecule has 0 bridgehead atoms. The first-order valence-electron chi connectivity index (χ1n) is 5.53. The molecule has 2 aliphatic rings. The quantitative estimate of drug-likeness (QED) is 0.559. The van der Waals surface area contributed by atoms with Crippen molar-refractivity contribution in [3.05, 3.63) is 0 Å². The molecule has 0 N–H and O–H groups in total. The van der Waals surface area contributed by atoms with Gasteiger partial charge in [-0.15, -0.1) is 0 Å². The smallest absolute Gasteiger partial charge is 0.0122 e. The van der Waals surface area contributed by atoms with Gasteiger partial charge in [0.1, 0.15) is 0 Å². The number of piperidine rings is 1. The van der Waals surface area contributed by atoms with E-state index in [1.807, 2.05) is 0 Å². The van der Waals surface area contributed by atoms with Crippen LogP contribution in [-0.2, 0) is 0 Å². The fourth-order valence-corrected chi connectivity index (χ4v) is 3.00. The first-order valence-corrected chi connectivity index (χ1v) is 5.53. The number of nitrogens with zero attached hydrogens (tertiary/aromatic N) is 2. The van der Waals surface area contributed by atoms with Gasteiger partial charge in [-0.25, -0.2) is 0 Å². The maximum Gasteiger partial charge on any atom is 0.0122 e. The third kappa shape index (κ3) is 1.50. The second kappa shape index (κ2) is 3.25. The molecule has 2 saturated heterocycles. The minimum absolute atomic E-state index is 0.668. The first-order chi connectivity index (χ1) is 6.14. The average Bonchev–Trinajstić information content (AvgIpc) is 2.40. The Balaban J connectivity index is 2.05. The Labute approximate surface area is 81.9 Å². The molecule has 0 radical (unpaired) electrons.